The average Bonchev–Trinajstić information content (AvgIpc) is 3.02. The lowest BCUT2D eigenvalue weighted by atomic mass is 9.96. The van der Waals surface area contributed by atoms with Gasteiger partial charge in [-0.2, -0.15) is 18.2 Å². The smallest absolute Gasteiger partial charge is 0.376 e. The van der Waals surface area contributed by atoms with Crippen molar-refractivity contribution >= 4 is 40.1 Å². The number of thioether (sulfide) groups is 1. The van der Waals surface area contributed by atoms with Gasteiger partial charge in [-0.3, -0.25) is 4.57 Å². The quantitative estimate of drug-likeness (QED) is 0.414. The number of hydrogen-bond donors (Lipinski definition) is 1. The summed E-state index contributed by atoms with van der Waals surface area (Å²) < 4.78 is 65.3. The highest BCUT2D eigenvalue weighted by atomic mass is 35.5. The first-order valence-corrected chi connectivity index (χ1v) is 13.7. The van der Waals surface area contributed by atoms with Crippen LogP contribution in [-0.4, -0.2) is 53.2 Å². The van der Waals surface area contributed by atoms with Gasteiger partial charge in [0, 0.05) is 53.4 Å². The van der Waals surface area contributed by atoms with E-state index < -0.39 is 29.4 Å². The molecule has 38 heavy (non-hydrogen) atoms. The van der Waals surface area contributed by atoms with Gasteiger partial charge in [-0.05, 0) is 44.5 Å². The van der Waals surface area contributed by atoms with Crippen molar-refractivity contribution < 1.29 is 22.3 Å². The molecule has 0 saturated carbocycles. The number of rotatable bonds is 4. The van der Waals surface area contributed by atoms with Crippen LogP contribution in [0.2, 0.25) is 5.02 Å². The van der Waals surface area contributed by atoms with Crippen LogP contribution in [0.1, 0.15) is 26.3 Å². The minimum Gasteiger partial charge on any atom is -0.376 e. The Balaban J connectivity index is 1.88. The third-order valence-corrected chi connectivity index (χ3v) is 8.29. The number of nitrogens with zero attached hydrogens (tertiary/aromatic N) is 3. The standard InChI is InChI=1S/C26H27ClF4N4O2S/c1-4-37-16-11-35-22-17(24(33-25(35)36)34-9-13(2)32-14(3)10-34)8-18(26(29,30)31)21(23(22)38-12-16)15-5-6-20(28)19(27)7-15/h5-8,13-14,16,32H,4,9-12H2,1-3H3/t13-,14+,16-/m0/s1. The molecule has 2 aliphatic rings. The summed E-state index contributed by atoms with van der Waals surface area (Å²) in [5.41, 5.74) is -1.10. The van der Waals surface area contributed by atoms with Crippen LogP contribution >= 0.6 is 23.4 Å². The SMILES string of the molecule is CCO[C@@H]1CSc2c(-c3ccc(F)c(Cl)c3)c(C(F)(F)F)cc3c(N4C[C@@H](C)N[C@@H](C)C4)nc(=O)n(c23)C1. The minimum atomic E-state index is -4.74. The second kappa shape index (κ2) is 10.3. The van der Waals surface area contributed by atoms with Crippen LogP contribution in [0.25, 0.3) is 22.0 Å². The molecule has 12 heteroatoms. The highest BCUT2D eigenvalue weighted by Crippen LogP contribution is 2.48. The molecule has 3 atom stereocenters. The lowest BCUT2D eigenvalue weighted by Crippen LogP contribution is -2.55. The third-order valence-electron chi connectivity index (χ3n) is 6.77. The highest BCUT2D eigenvalue weighted by Gasteiger charge is 2.39. The van der Waals surface area contributed by atoms with Crippen molar-refractivity contribution in [1.82, 2.24) is 14.9 Å². The van der Waals surface area contributed by atoms with Crippen molar-refractivity contribution in [1.29, 1.82) is 0 Å². The van der Waals surface area contributed by atoms with E-state index in [9.17, 15) is 22.4 Å². The van der Waals surface area contributed by atoms with Gasteiger partial charge in [0.05, 0.1) is 28.8 Å². The molecule has 0 radical (unpaired) electrons. The highest BCUT2D eigenvalue weighted by molar-refractivity contribution is 7.99. The van der Waals surface area contributed by atoms with Gasteiger partial charge >= 0.3 is 11.9 Å². The first-order chi connectivity index (χ1) is 18.0. The summed E-state index contributed by atoms with van der Waals surface area (Å²) in [7, 11) is 0. The molecule has 2 aliphatic heterocycles. The monoisotopic (exact) mass is 570 g/mol. The van der Waals surface area contributed by atoms with Crippen molar-refractivity contribution in [2.45, 2.75) is 56.6 Å². The van der Waals surface area contributed by atoms with E-state index in [1.165, 1.54) is 28.5 Å². The summed E-state index contributed by atoms with van der Waals surface area (Å²) in [6.07, 6.45) is -5.15. The topological polar surface area (TPSA) is 59.4 Å². The van der Waals surface area contributed by atoms with Crippen LogP contribution in [0.4, 0.5) is 23.4 Å². The molecule has 204 valence electrons. The molecule has 0 bridgehead atoms. The van der Waals surface area contributed by atoms with E-state index >= 15 is 0 Å². The fourth-order valence-electron chi connectivity index (χ4n) is 5.37. The third kappa shape index (κ3) is 5.01. The molecule has 3 aromatic rings. The van der Waals surface area contributed by atoms with Crippen LogP contribution in [0.3, 0.4) is 0 Å². The van der Waals surface area contributed by atoms with Gasteiger partial charge in [-0.25, -0.2) is 9.18 Å². The minimum absolute atomic E-state index is 0.0487. The zero-order valence-corrected chi connectivity index (χ0v) is 22.6. The molecular weight excluding hydrogens is 544 g/mol. The molecule has 5 rings (SSSR count). The second-order valence-corrected chi connectivity index (χ2v) is 11.2. The number of benzene rings is 2. The van der Waals surface area contributed by atoms with Gasteiger partial charge in [-0.1, -0.05) is 17.7 Å². The molecule has 6 nitrogen and oxygen atoms in total. The Kier molecular flexibility index (Phi) is 7.40. The molecule has 0 amide bonds. The number of nitrogens with one attached hydrogen (secondary N) is 1. The van der Waals surface area contributed by atoms with Crippen LogP contribution in [0.15, 0.2) is 34.0 Å². The van der Waals surface area contributed by atoms with Crippen molar-refractivity contribution in [2.75, 3.05) is 30.3 Å². The van der Waals surface area contributed by atoms with Crippen LogP contribution in [0, 0.1) is 5.82 Å². The Morgan fingerprint density at radius 2 is 1.89 bits per heavy atom. The maximum atomic E-state index is 14.7. The summed E-state index contributed by atoms with van der Waals surface area (Å²) in [5.74, 6) is -0.179. The van der Waals surface area contributed by atoms with Crippen molar-refractivity contribution in [2.24, 2.45) is 0 Å². The van der Waals surface area contributed by atoms with Gasteiger partial charge in [0.2, 0.25) is 0 Å². The van der Waals surface area contributed by atoms with Gasteiger partial charge in [0.15, 0.2) is 0 Å². The lowest BCUT2D eigenvalue weighted by Gasteiger charge is -2.37. The van der Waals surface area contributed by atoms with Crippen molar-refractivity contribution in [3.8, 4) is 11.1 Å². The maximum absolute atomic E-state index is 14.7. The number of aromatic nitrogens is 2. The van der Waals surface area contributed by atoms with Crippen LogP contribution in [-0.2, 0) is 17.5 Å². The summed E-state index contributed by atoms with van der Waals surface area (Å²) in [5, 5.41) is 3.35. The fraction of sp³-hybridized carbons (Fsp3) is 0.462. The number of piperazine rings is 1. The molecule has 1 saturated heterocycles. The normalized spacial score (nSPS) is 22.1. The summed E-state index contributed by atoms with van der Waals surface area (Å²) >= 11 is 7.20. The molecule has 0 aliphatic carbocycles. The fourth-order valence-corrected chi connectivity index (χ4v) is 6.84. The average molecular weight is 571 g/mol. The van der Waals surface area contributed by atoms with E-state index in [0.29, 0.717) is 31.0 Å². The Morgan fingerprint density at radius 3 is 2.53 bits per heavy atom. The van der Waals surface area contributed by atoms with E-state index in [4.69, 9.17) is 16.3 Å². The first kappa shape index (κ1) is 27.2. The van der Waals surface area contributed by atoms with E-state index in [2.05, 4.69) is 10.3 Å². The molecule has 0 spiro atoms. The Labute approximate surface area is 226 Å². The number of hydrogen-bond acceptors (Lipinski definition) is 6. The van der Waals surface area contributed by atoms with Gasteiger partial charge in [0.25, 0.3) is 0 Å². The number of alkyl halides is 3. The second-order valence-electron chi connectivity index (χ2n) is 9.74. The molecule has 2 aromatic carbocycles. The molecule has 0 unspecified atom stereocenters. The number of ether oxygens (including phenoxy) is 1. The van der Waals surface area contributed by atoms with Crippen molar-refractivity contribution in [3.05, 3.63) is 51.2 Å². The number of anilines is 1. The Morgan fingerprint density at radius 1 is 1.18 bits per heavy atom. The molecule has 1 N–H and O–H groups in total. The molecule has 1 aromatic heterocycles. The van der Waals surface area contributed by atoms with E-state index in [0.717, 1.165) is 12.1 Å². The van der Waals surface area contributed by atoms with Crippen LogP contribution in [0.5, 0.6) is 0 Å². The Bertz CT molecular complexity index is 1440. The summed E-state index contributed by atoms with van der Waals surface area (Å²) in [4.78, 5) is 19.9. The molecular formula is C26H27ClF4N4O2S. The van der Waals surface area contributed by atoms with Crippen molar-refractivity contribution in [3.63, 3.8) is 0 Å². The number of halogens is 5. The predicted molar refractivity (Wildman–Crippen MR) is 142 cm³/mol. The van der Waals surface area contributed by atoms with Gasteiger partial charge < -0.3 is 15.0 Å². The summed E-state index contributed by atoms with van der Waals surface area (Å²) in [6.45, 7) is 7.28. The molecule has 1 fully saturated rings. The van der Waals surface area contributed by atoms with Gasteiger partial charge in [0.1, 0.15) is 11.6 Å². The molecule has 3 heterocycles. The maximum Gasteiger partial charge on any atom is 0.417 e. The largest absolute Gasteiger partial charge is 0.417 e. The zero-order valence-electron chi connectivity index (χ0n) is 21.0. The first-order valence-electron chi connectivity index (χ1n) is 12.4. The summed E-state index contributed by atoms with van der Waals surface area (Å²) in [6, 6.07) is 4.69. The van der Waals surface area contributed by atoms with E-state index in [1.54, 1.807) is 0 Å². The van der Waals surface area contributed by atoms with Gasteiger partial charge in [-0.15, -0.1) is 11.8 Å². The van der Waals surface area contributed by atoms with Crippen LogP contribution < -0.4 is 15.9 Å². The van der Waals surface area contributed by atoms with E-state index in [1.807, 2.05) is 25.7 Å². The Hall–Kier alpha value is -2.34. The zero-order chi connectivity index (χ0) is 27.4. The van der Waals surface area contributed by atoms with E-state index in [-0.39, 0.29) is 50.9 Å². The predicted octanol–water partition coefficient (Wildman–Crippen LogP) is 5.57. The lowest BCUT2D eigenvalue weighted by molar-refractivity contribution is -0.137.